The Labute approximate surface area is 94.1 Å². The van der Waals surface area contributed by atoms with Crippen LogP contribution in [0.3, 0.4) is 0 Å². The van der Waals surface area contributed by atoms with Crippen molar-refractivity contribution in [1.29, 1.82) is 0 Å². The molecule has 0 unspecified atom stereocenters. The van der Waals surface area contributed by atoms with Gasteiger partial charge in [0, 0.05) is 13.2 Å². The summed E-state index contributed by atoms with van der Waals surface area (Å²) in [5, 5.41) is 0. The summed E-state index contributed by atoms with van der Waals surface area (Å²) < 4.78 is 15.6. The fourth-order valence-corrected chi connectivity index (χ4v) is 0.770. The van der Waals surface area contributed by atoms with Crippen molar-refractivity contribution in [2.24, 2.45) is 5.73 Å². The molecular weight excluding hydrogens is 194 g/mol. The van der Waals surface area contributed by atoms with Gasteiger partial charge in [-0.2, -0.15) is 0 Å². The van der Waals surface area contributed by atoms with Crippen LogP contribution in [0.5, 0.6) is 0 Å². The van der Waals surface area contributed by atoms with Gasteiger partial charge in [0.1, 0.15) is 0 Å². The van der Waals surface area contributed by atoms with Crippen molar-refractivity contribution in [2.75, 3.05) is 46.2 Å². The Hall–Kier alpha value is -0.160. The van der Waals surface area contributed by atoms with E-state index in [1.54, 1.807) is 0 Å². The van der Waals surface area contributed by atoms with E-state index in [1.165, 1.54) is 0 Å². The molecule has 0 spiro atoms. The molecule has 0 aromatic heterocycles. The second-order valence-electron chi connectivity index (χ2n) is 2.63. The fourth-order valence-electron chi connectivity index (χ4n) is 0.770. The van der Waals surface area contributed by atoms with Crippen molar-refractivity contribution in [3.8, 4) is 0 Å². The predicted octanol–water partition coefficient (Wildman–Crippen LogP) is 1.43. The summed E-state index contributed by atoms with van der Waals surface area (Å²) in [6.07, 6.45) is 1.06. The minimum Gasteiger partial charge on any atom is -0.379 e. The van der Waals surface area contributed by atoms with Gasteiger partial charge in [-0.1, -0.05) is 20.8 Å². The standard InChI is InChI=1S/C9H21NO3.C2H6/c1-2-4-11-6-8-13-9-7-12-5-3-10;1-2/h2-10H2,1H3;1-2H3. The van der Waals surface area contributed by atoms with E-state index < -0.39 is 0 Å². The summed E-state index contributed by atoms with van der Waals surface area (Å²) in [6, 6.07) is 0. The van der Waals surface area contributed by atoms with Crippen molar-refractivity contribution in [3.05, 3.63) is 0 Å². The van der Waals surface area contributed by atoms with Crippen molar-refractivity contribution < 1.29 is 14.2 Å². The van der Waals surface area contributed by atoms with Gasteiger partial charge in [-0.05, 0) is 6.42 Å². The third kappa shape index (κ3) is 20.0. The van der Waals surface area contributed by atoms with Crippen LogP contribution in [-0.4, -0.2) is 46.2 Å². The second-order valence-corrected chi connectivity index (χ2v) is 2.63. The Morgan fingerprint density at radius 1 is 0.733 bits per heavy atom. The Kier molecular flexibility index (Phi) is 22.3. The fraction of sp³-hybridized carbons (Fsp3) is 1.00. The van der Waals surface area contributed by atoms with Gasteiger partial charge in [0.25, 0.3) is 0 Å². The van der Waals surface area contributed by atoms with E-state index in [9.17, 15) is 0 Å². The van der Waals surface area contributed by atoms with Crippen LogP contribution in [0.4, 0.5) is 0 Å². The maximum absolute atomic E-state index is 5.24. The average Bonchev–Trinajstić information content (AvgIpc) is 2.30. The van der Waals surface area contributed by atoms with Crippen LogP contribution in [-0.2, 0) is 14.2 Å². The maximum atomic E-state index is 5.24. The number of hydrogen-bond donors (Lipinski definition) is 1. The first-order chi connectivity index (χ1) is 7.41. The van der Waals surface area contributed by atoms with E-state index in [2.05, 4.69) is 6.92 Å². The smallest absolute Gasteiger partial charge is 0.0701 e. The summed E-state index contributed by atoms with van der Waals surface area (Å²) in [6.45, 7) is 10.6. The topological polar surface area (TPSA) is 53.7 Å². The third-order valence-corrected chi connectivity index (χ3v) is 1.35. The van der Waals surface area contributed by atoms with Crippen molar-refractivity contribution in [3.63, 3.8) is 0 Å². The van der Waals surface area contributed by atoms with Gasteiger partial charge in [-0.25, -0.2) is 0 Å². The van der Waals surface area contributed by atoms with E-state index in [-0.39, 0.29) is 0 Å². The zero-order chi connectivity index (χ0) is 11.8. The summed E-state index contributed by atoms with van der Waals surface area (Å²) >= 11 is 0. The molecule has 4 nitrogen and oxygen atoms in total. The van der Waals surface area contributed by atoms with Crippen LogP contribution in [0, 0.1) is 0 Å². The number of hydrogen-bond acceptors (Lipinski definition) is 4. The highest BCUT2D eigenvalue weighted by atomic mass is 16.5. The molecule has 0 bridgehead atoms. The van der Waals surface area contributed by atoms with E-state index >= 15 is 0 Å². The molecule has 0 rings (SSSR count). The first kappa shape index (κ1) is 17.2. The zero-order valence-electron chi connectivity index (χ0n) is 10.5. The van der Waals surface area contributed by atoms with Gasteiger partial charge in [0.2, 0.25) is 0 Å². The summed E-state index contributed by atoms with van der Waals surface area (Å²) in [5.41, 5.74) is 5.24. The monoisotopic (exact) mass is 221 g/mol. The molecule has 94 valence electrons. The highest BCUT2D eigenvalue weighted by Crippen LogP contribution is 1.82. The van der Waals surface area contributed by atoms with Gasteiger partial charge in [0.05, 0.1) is 33.0 Å². The third-order valence-electron chi connectivity index (χ3n) is 1.35. The molecule has 0 saturated carbocycles. The van der Waals surface area contributed by atoms with Crippen LogP contribution in [0.2, 0.25) is 0 Å². The van der Waals surface area contributed by atoms with Crippen LogP contribution >= 0.6 is 0 Å². The molecule has 0 fully saturated rings. The molecule has 0 aromatic carbocycles. The molecular formula is C11H27NO3. The van der Waals surface area contributed by atoms with Crippen molar-refractivity contribution >= 4 is 0 Å². The van der Waals surface area contributed by atoms with Crippen LogP contribution in [0.15, 0.2) is 0 Å². The lowest BCUT2D eigenvalue weighted by atomic mass is 10.5. The molecule has 0 aromatic rings. The van der Waals surface area contributed by atoms with Gasteiger partial charge < -0.3 is 19.9 Å². The highest BCUT2D eigenvalue weighted by molar-refractivity contribution is 4.34. The molecule has 0 radical (unpaired) electrons. The van der Waals surface area contributed by atoms with Crippen LogP contribution in [0.25, 0.3) is 0 Å². The van der Waals surface area contributed by atoms with E-state index in [0.717, 1.165) is 13.0 Å². The number of nitrogens with two attached hydrogens (primary N) is 1. The number of rotatable bonds is 10. The molecule has 0 aliphatic heterocycles. The molecule has 0 aliphatic rings. The SMILES string of the molecule is CC.CCCOCCOCCOCCN. The molecule has 0 amide bonds. The average molecular weight is 221 g/mol. The van der Waals surface area contributed by atoms with Gasteiger partial charge in [0.15, 0.2) is 0 Å². The lowest BCUT2D eigenvalue weighted by molar-refractivity contribution is 0.0161. The Morgan fingerprint density at radius 2 is 1.13 bits per heavy atom. The largest absolute Gasteiger partial charge is 0.379 e. The zero-order valence-corrected chi connectivity index (χ0v) is 10.5. The van der Waals surface area contributed by atoms with Gasteiger partial charge >= 0.3 is 0 Å². The van der Waals surface area contributed by atoms with E-state index in [1.807, 2.05) is 13.8 Å². The summed E-state index contributed by atoms with van der Waals surface area (Å²) in [5.74, 6) is 0. The number of ether oxygens (including phenoxy) is 3. The maximum Gasteiger partial charge on any atom is 0.0701 e. The minimum atomic E-state index is 0.569. The first-order valence-corrected chi connectivity index (χ1v) is 5.85. The van der Waals surface area contributed by atoms with Crippen LogP contribution < -0.4 is 5.73 Å². The van der Waals surface area contributed by atoms with Crippen molar-refractivity contribution in [1.82, 2.24) is 0 Å². The summed E-state index contributed by atoms with van der Waals surface area (Å²) in [4.78, 5) is 0. The normalized spacial score (nSPS) is 9.60. The molecule has 2 N–H and O–H groups in total. The van der Waals surface area contributed by atoms with E-state index in [0.29, 0.717) is 39.6 Å². The molecule has 0 atom stereocenters. The predicted molar refractivity (Wildman–Crippen MR) is 63.2 cm³/mol. The highest BCUT2D eigenvalue weighted by Gasteiger charge is 1.89. The molecule has 15 heavy (non-hydrogen) atoms. The molecule has 4 heteroatoms. The minimum absolute atomic E-state index is 0.569. The molecule has 0 saturated heterocycles. The van der Waals surface area contributed by atoms with E-state index in [4.69, 9.17) is 19.9 Å². The first-order valence-electron chi connectivity index (χ1n) is 5.85. The quantitative estimate of drug-likeness (QED) is 0.567. The Morgan fingerprint density at radius 3 is 1.53 bits per heavy atom. The lowest BCUT2D eigenvalue weighted by Gasteiger charge is -2.05. The Balaban J connectivity index is 0. The second kappa shape index (κ2) is 19.4. The van der Waals surface area contributed by atoms with Gasteiger partial charge in [-0.3, -0.25) is 0 Å². The lowest BCUT2D eigenvalue weighted by Crippen LogP contribution is -2.13. The van der Waals surface area contributed by atoms with Gasteiger partial charge in [-0.15, -0.1) is 0 Å². The molecule has 0 aliphatic carbocycles. The molecule has 0 heterocycles. The van der Waals surface area contributed by atoms with Crippen LogP contribution in [0.1, 0.15) is 27.2 Å². The van der Waals surface area contributed by atoms with Crippen molar-refractivity contribution in [2.45, 2.75) is 27.2 Å². The summed E-state index contributed by atoms with van der Waals surface area (Å²) in [7, 11) is 0. The Bertz CT molecular complexity index is 81.9.